The highest BCUT2D eigenvalue weighted by Crippen LogP contribution is 2.20. The molecule has 104 valence electrons. The van der Waals surface area contributed by atoms with Crippen LogP contribution in [0.4, 0.5) is 0 Å². The summed E-state index contributed by atoms with van der Waals surface area (Å²) >= 11 is 0. The minimum absolute atomic E-state index is 0.0723. The third-order valence-corrected chi connectivity index (χ3v) is 5.49. The first-order chi connectivity index (χ1) is 8.49. The van der Waals surface area contributed by atoms with E-state index in [0.29, 0.717) is 24.7 Å². The molecular weight excluding hydrogens is 252 g/mol. The Kier molecular flexibility index (Phi) is 4.42. The molecule has 0 amide bonds. The standard InChI is InChI=1S/C12H22N2O3S/c1-11(2)10-18(15,16)14-4-3-12(9-14)13-5-7-17-8-6-13/h12H,1,3-10H2,2H3. The van der Waals surface area contributed by atoms with Crippen molar-refractivity contribution in [2.45, 2.75) is 19.4 Å². The Morgan fingerprint density at radius 1 is 1.33 bits per heavy atom. The summed E-state index contributed by atoms with van der Waals surface area (Å²) < 4.78 is 31.1. The topological polar surface area (TPSA) is 49.9 Å². The Labute approximate surface area is 109 Å². The van der Waals surface area contributed by atoms with Gasteiger partial charge in [-0.15, -0.1) is 0 Å². The number of sulfonamides is 1. The molecule has 5 nitrogen and oxygen atoms in total. The first-order valence-electron chi connectivity index (χ1n) is 6.43. The largest absolute Gasteiger partial charge is 0.379 e. The molecule has 0 N–H and O–H groups in total. The lowest BCUT2D eigenvalue weighted by Crippen LogP contribution is -2.45. The lowest BCUT2D eigenvalue weighted by molar-refractivity contribution is 0.0197. The van der Waals surface area contributed by atoms with Gasteiger partial charge in [0.2, 0.25) is 10.0 Å². The van der Waals surface area contributed by atoms with Crippen LogP contribution in [-0.2, 0) is 14.8 Å². The van der Waals surface area contributed by atoms with Gasteiger partial charge in [-0.25, -0.2) is 12.7 Å². The molecule has 1 atom stereocenters. The number of rotatable bonds is 4. The van der Waals surface area contributed by atoms with Crippen LogP contribution >= 0.6 is 0 Å². The maximum absolute atomic E-state index is 12.1. The molecule has 6 heteroatoms. The summed E-state index contributed by atoms with van der Waals surface area (Å²) in [6, 6.07) is 0.355. The van der Waals surface area contributed by atoms with E-state index in [4.69, 9.17) is 4.74 Å². The van der Waals surface area contributed by atoms with E-state index in [1.807, 2.05) is 0 Å². The zero-order valence-corrected chi connectivity index (χ0v) is 11.8. The number of morpholine rings is 1. The molecule has 0 aliphatic carbocycles. The number of hydrogen-bond acceptors (Lipinski definition) is 4. The minimum atomic E-state index is -3.15. The van der Waals surface area contributed by atoms with E-state index >= 15 is 0 Å². The summed E-state index contributed by atoms with van der Waals surface area (Å²) in [6.07, 6.45) is 0.926. The average Bonchev–Trinajstić information content (AvgIpc) is 2.78. The van der Waals surface area contributed by atoms with Crippen molar-refractivity contribution in [3.63, 3.8) is 0 Å². The smallest absolute Gasteiger partial charge is 0.217 e. The maximum atomic E-state index is 12.1. The van der Waals surface area contributed by atoms with E-state index < -0.39 is 10.0 Å². The first-order valence-corrected chi connectivity index (χ1v) is 8.04. The van der Waals surface area contributed by atoms with Gasteiger partial charge < -0.3 is 4.74 Å². The molecule has 0 bridgehead atoms. The molecular formula is C12H22N2O3S. The lowest BCUT2D eigenvalue weighted by atomic mass is 10.2. The quantitative estimate of drug-likeness (QED) is 0.692. The summed E-state index contributed by atoms with van der Waals surface area (Å²) in [5.41, 5.74) is 0.699. The fourth-order valence-corrected chi connectivity index (χ4v) is 4.19. The second-order valence-corrected chi connectivity index (χ2v) is 7.13. The molecule has 1 unspecified atom stereocenters. The zero-order valence-electron chi connectivity index (χ0n) is 11.0. The summed E-state index contributed by atoms with van der Waals surface area (Å²) in [4.78, 5) is 2.35. The van der Waals surface area contributed by atoms with Crippen LogP contribution in [0.3, 0.4) is 0 Å². The van der Waals surface area contributed by atoms with E-state index in [-0.39, 0.29) is 5.75 Å². The van der Waals surface area contributed by atoms with Gasteiger partial charge in [-0.3, -0.25) is 4.90 Å². The first kappa shape index (κ1) is 14.0. The van der Waals surface area contributed by atoms with E-state index in [1.54, 1.807) is 11.2 Å². The molecule has 2 rings (SSSR count). The van der Waals surface area contributed by atoms with E-state index in [1.165, 1.54) is 0 Å². The van der Waals surface area contributed by atoms with Gasteiger partial charge in [0.15, 0.2) is 0 Å². The fourth-order valence-electron chi connectivity index (χ4n) is 2.61. The third kappa shape index (κ3) is 3.32. The number of nitrogens with zero attached hydrogens (tertiary/aromatic N) is 2. The van der Waals surface area contributed by atoms with Crippen molar-refractivity contribution < 1.29 is 13.2 Å². The highest BCUT2D eigenvalue weighted by atomic mass is 32.2. The third-order valence-electron chi connectivity index (χ3n) is 3.51. The molecule has 0 aromatic rings. The van der Waals surface area contributed by atoms with Gasteiger partial charge in [-0.05, 0) is 13.3 Å². The molecule has 2 saturated heterocycles. The summed E-state index contributed by atoms with van der Waals surface area (Å²) in [5, 5.41) is 0. The fraction of sp³-hybridized carbons (Fsp3) is 0.833. The molecule has 2 aliphatic heterocycles. The summed E-state index contributed by atoms with van der Waals surface area (Å²) in [6.45, 7) is 10.1. The Morgan fingerprint density at radius 2 is 2.00 bits per heavy atom. The second kappa shape index (κ2) is 5.69. The SMILES string of the molecule is C=C(C)CS(=O)(=O)N1CCC(N2CCOCC2)C1. The number of hydrogen-bond donors (Lipinski definition) is 0. The predicted molar refractivity (Wildman–Crippen MR) is 71.0 cm³/mol. The van der Waals surface area contributed by atoms with Gasteiger partial charge in [-0.2, -0.15) is 0 Å². The normalized spacial score (nSPS) is 27.5. The summed E-state index contributed by atoms with van der Waals surface area (Å²) in [5.74, 6) is 0.0723. The lowest BCUT2D eigenvalue weighted by Gasteiger charge is -2.32. The van der Waals surface area contributed by atoms with Crippen LogP contribution in [0.1, 0.15) is 13.3 Å². The van der Waals surface area contributed by atoms with E-state index in [9.17, 15) is 8.42 Å². The van der Waals surface area contributed by atoms with Crippen LogP contribution in [-0.4, -0.2) is 68.8 Å². The van der Waals surface area contributed by atoms with Crippen LogP contribution in [0.15, 0.2) is 12.2 Å². The van der Waals surface area contributed by atoms with Crippen LogP contribution in [0.5, 0.6) is 0 Å². The molecule has 0 aromatic heterocycles. The van der Waals surface area contributed by atoms with Gasteiger partial charge >= 0.3 is 0 Å². The van der Waals surface area contributed by atoms with Crippen molar-refractivity contribution >= 4 is 10.0 Å². The molecule has 0 spiro atoms. The van der Waals surface area contributed by atoms with Gasteiger partial charge in [0.25, 0.3) is 0 Å². The Hall–Kier alpha value is -0.430. The van der Waals surface area contributed by atoms with Gasteiger partial charge in [0, 0.05) is 32.2 Å². The number of ether oxygens (including phenoxy) is 1. The van der Waals surface area contributed by atoms with Gasteiger partial charge in [-0.1, -0.05) is 12.2 Å². The summed E-state index contributed by atoms with van der Waals surface area (Å²) in [7, 11) is -3.15. The molecule has 18 heavy (non-hydrogen) atoms. The van der Waals surface area contributed by atoms with Crippen LogP contribution in [0.2, 0.25) is 0 Å². The molecule has 2 aliphatic rings. The van der Waals surface area contributed by atoms with E-state index in [0.717, 1.165) is 32.7 Å². The average molecular weight is 274 g/mol. The zero-order chi connectivity index (χ0) is 13.2. The molecule has 0 saturated carbocycles. The monoisotopic (exact) mass is 274 g/mol. The molecule has 0 radical (unpaired) electrons. The maximum Gasteiger partial charge on any atom is 0.217 e. The minimum Gasteiger partial charge on any atom is -0.379 e. The second-order valence-electron chi connectivity index (χ2n) is 5.16. The Balaban J connectivity index is 1.93. The highest BCUT2D eigenvalue weighted by Gasteiger charge is 2.34. The predicted octanol–water partition coefficient (Wildman–Crippen LogP) is 0.299. The van der Waals surface area contributed by atoms with Crippen molar-refractivity contribution in [3.8, 4) is 0 Å². The molecule has 0 aromatic carbocycles. The van der Waals surface area contributed by atoms with Crippen LogP contribution in [0, 0.1) is 0 Å². The van der Waals surface area contributed by atoms with Crippen molar-refractivity contribution in [1.82, 2.24) is 9.21 Å². The van der Waals surface area contributed by atoms with Crippen molar-refractivity contribution in [1.29, 1.82) is 0 Å². The molecule has 2 heterocycles. The highest BCUT2D eigenvalue weighted by molar-refractivity contribution is 7.89. The Bertz CT molecular complexity index is 402. The van der Waals surface area contributed by atoms with Crippen LogP contribution in [0.25, 0.3) is 0 Å². The van der Waals surface area contributed by atoms with Gasteiger partial charge in [0.05, 0.1) is 19.0 Å². The van der Waals surface area contributed by atoms with Crippen molar-refractivity contribution in [3.05, 3.63) is 12.2 Å². The van der Waals surface area contributed by atoms with E-state index in [2.05, 4.69) is 11.5 Å². The van der Waals surface area contributed by atoms with Crippen molar-refractivity contribution in [2.24, 2.45) is 0 Å². The van der Waals surface area contributed by atoms with Gasteiger partial charge in [0.1, 0.15) is 0 Å². The van der Waals surface area contributed by atoms with Crippen molar-refractivity contribution in [2.75, 3.05) is 45.1 Å². The molecule has 2 fully saturated rings. The Morgan fingerprint density at radius 3 is 2.61 bits per heavy atom. The van der Waals surface area contributed by atoms with Crippen LogP contribution < -0.4 is 0 Å².